The lowest BCUT2D eigenvalue weighted by atomic mass is 10.3. The van der Waals surface area contributed by atoms with Crippen molar-refractivity contribution in [3.8, 4) is 0 Å². The van der Waals surface area contributed by atoms with Gasteiger partial charge in [0.2, 0.25) is 0 Å². The zero-order valence-electron chi connectivity index (χ0n) is 8.69. The molecule has 0 aliphatic rings. The Labute approximate surface area is 96.9 Å². The summed E-state index contributed by atoms with van der Waals surface area (Å²) in [5.41, 5.74) is 8.43. The van der Waals surface area contributed by atoms with Crippen molar-refractivity contribution in [3.63, 3.8) is 0 Å². The molecule has 9 heteroatoms. The molecule has 0 spiro atoms. The maximum absolute atomic E-state index is 11.6. The molecular formula is C8H8N4O4S. The summed E-state index contributed by atoms with van der Waals surface area (Å²) in [6.45, 7) is 0. The van der Waals surface area contributed by atoms with Gasteiger partial charge in [-0.25, -0.2) is 17.9 Å². The Morgan fingerprint density at radius 1 is 1.41 bits per heavy atom. The number of rotatable bonds is 3. The summed E-state index contributed by atoms with van der Waals surface area (Å²) < 4.78 is 29.0. The van der Waals surface area contributed by atoms with Crippen LogP contribution in [-0.2, 0) is 14.8 Å². The molecule has 0 fully saturated rings. The molecule has 0 heterocycles. The van der Waals surface area contributed by atoms with Crippen molar-refractivity contribution >= 4 is 21.8 Å². The van der Waals surface area contributed by atoms with Crippen LogP contribution in [0.5, 0.6) is 0 Å². The first-order chi connectivity index (χ1) is 7.99. The van der Waals surface area contributed by atoms with Crippen LogP contribution >= 0.6 is 0 Å². The van der Waals surface area contributed by atoms with E-state index in [0.717, 1.165) is 7.11 Å². The lowest BCUT2D eigenvalue weighted by Crippen LogP contribution is -2.30. The van der Waals surface area contributed by atoms with Crippen LogP contribution in [0.1, 0.15) is 0 Å². The zero-order valence-corrected chi connectivity index (χ0v) is 9.51. The number of hydrogen-bond acceptors (Lipinski definition) is 5. The first-order valence-electron chi connectivity index (χ1n) is 4.25. The van der Waals surface area contributed by atoms with Gasteiger partial charge in [0.05, 0.1) is 12.0 Å². The van der Waals surface area contributed by atoms with Crippen molar-refractivity contribution in [2.24, 2.45) is 5.11 Å². The summed E-state index contributed by atoms with van der Waals surface area (Å²) in [5, 5.41) is 3.28. The first kappa shape index (κ1) is 12.8. The average Bonchev–Trinajstić information content (AvgIpc) is 2.29. The van der Waals surface area contributed by atoms with E-state index in [1.807, 2.05) is 0 Å². The number of nitrogens with one attached hydrogen (secondary N) is 1. The molecular weight excluding hydrogens is 248 g/mol. The van der Waals surface area contributed by atoms with E-state index in [-0.39, 0.29) is 10.6 Å². The van der Waals surface area contributed by atoms with Gasteiger partial charge in [0.25, 0.3) is 10.0 Å². The lowest BCUT2D eigenvalue weighted by Gasteiger charge is -2.05. The van der Waals surface area contributed by atoms with E-state index in [9.17, 15) is 13.2 Å². The van der Waals surface area contributed by atoms with Gasteiger partial charge in [-0.05, 0) is 17.7 Å². The number of methoxy groups -OCH3 is 1. The molecule has 0 radical (unpaired) electrons. The minimum Gasteiger partial charge on any atom is -0.452 e. The number of nitrogens with zero attached hydrogens (tertiary/aromatic N) is 3. The van der Waals surface area contributed by atoms with Crippen molar-refractivity contribution in [2.75, 3.05) is 7.11 Å². The Bertz CT molecular complexity index is 560. The first-order valence-corrected chi connectivity index (χ1v) is 5.74. The molecule has 90 valence electrons. The van der Waals surface area contributed by atoms with E-state index >= 15 is 0 Å². The number of azide groups is 1. The Balaban J connectivity index is 3.00. The van der Waals surface area contributed by atoms with E-state index in [4.69, 9.17) is 5.53 Å². The molecule has 0 aliphatic heterocycles. The van der Waals surface area contributed by atoms with Crippen molar-refractivity contribution in [2.45, 2.75) is 4.90 Å². The molecule has 1 aromatic rings. The molecule has 0 bridgehead atoms. The molecule has 1 aromatic carbocycles. The molecule has 1 rings (SSSR count). The fraction of sp³-hybridized carbons (Fsp3) is 0.125. The second-order valence-electron chi connectivity index (χ2n) is 2.78. The van der Waals surface area contributed by atoms with Crippen LogP contribution in [0, 0.1) is 0 Å². The number of carbonyl (C=O) groups is 1. The molecule has 0 saturated carbocycles. The number of carbonyl (C=O) groups excluding carboxylic acids is 1. The standard InChI is InChI=1S/C8H8N4O4S/c1-16-8(13)11-17(14,15)7-4-2-6(3-5-7)10-12-9/h2-5H,1H3,(H,11,13). The summed E-state index contributed by atoms with van der Waals surface area (Å²) in [7, 11) is -2.91. The molecule has 1 amide bonds. The molecule has 0 aliphatic carbocycles. The van der Waals surface area contributed by atoms with E-state index in [0.29, 0.717) is 0 Å². The van der Waals surface area contributed by atoms with Gasteiger partial charge in [0.15, 0.2) is 0 Å². The highest BCUT2D eigenvalue weighted by Crippen LogP contribution is 2.16. The van der Waals surface area contributed by atoms with Gasteiger partial charge in [-0.2, -0.15) is 0 Å². The van der Waals surface area contributed by atoms with Crippen molar-refractivity contribution in [1.29, 1.82) is 0 Å². The summed E-state index contributed by atoms with van der Waals surface area (Å²) >= 11 is 0. The lowest BCUT2D eigenvalue weighted by molar-refractivity contribution is 0.177. The smallest absolute Gasteiger partial charge is 0.420 e. The number of ether oxygens (including phenoxy) is 1. The fourth-order valence-corrected chi connectivity index (χ4v) is 1.87. The Morgan fingerprint density at radius 3 is 2.47 bits per heavy atom. The Kier molecular flexibility index (Phi) is 3.91. The van der Waals surface area contributed by atoms with Gasteiger partial charge in [-0.15, -0.1) is 0 Å². The number of benzene rings is 1. The van der Waals surface area contributed by atoms with Gasteiger partial charge in [0, 0.05) is 10.6 Å². The van der Waals surface area contributed by atoms with Gasteiger partial charge >= 0.3 is 6.09 Å². The molecule has 1 N–H and O–H groups in total. The van der Waals surface area contributed by atoms with E-state index in [1.165, 1.54) is 24.3 Å². The molecule has 0 unspecified atom stereocenters. The molecule has 8 nitrogen and oxygen atoms in total. The topological polar surface area (TPSA) is 121 Å². The second-order valence-corrected chi connectivity index (χ2v) is 4.46. The minimum atomic E-state index is -3.96. The third-order valence-electron chi connectivity index (χ3n) is 1.71. The monoisotopic (exact) mass is 256 g/mol. The van der Waals surface area contributed by atoms with E-state index in [2.05, 4.69) is 14.8 Å². The summed E-state index contributed by atoms with van der Waals surface area (Å²) in [6, 6.07) is 5.03. The maximum atomic E-state index is 11.6. The van der Waals surface area contributed by atoms with E-state index < -0.39 is 16.1 Å². The normalized spacial score (nSPS) is 10.2. The fourth-order valence-electron chi connectivity index (χ4n) is 0.954. The van der Waals surface area contributed by atoms with Gasteiger partial charge in [0.1, 0.15) is 0 Å². The highest BCUT2D eigenvalue weighted by molar-refractivity contribution is 7.90. The van der Waals surface area contributed by atoms with Crippen LogP contribution in [0.3, 0.4) is 0 Å². The van der Waals surface area contributed by atoms with Gasteiger partial charge in [-0.3, -0.25) is 0 Å². The molecule has 0 saturated heterocycles. The number of amides is 1. The van der Waals surface area contributed by atoms with Crippen molar-refractivity contribution in [1.82, 2.24) is 4.72 Å². The molecule has 0 aromatic heterocycles. The highest BCUT2D eigenvalue weighted by Gasteiger charge is 2.17. The summed E-state index contributed by atoms with van der Waals surface area (Å²) in [5.74, 6) is 0. The Hall–Kier alpha value is -2.25. The highest BCUT2D eigenvalue weighted by atomic mass is 32.2. The van der Waals surface area contributed by atoms with Gasteiger partial charge in [-0.1, -0.05) is 17.2 Å². The van der Waals surface area contributed by atoms with Crippen LogP contribution in [-0.4, -0.2) is 21.6 Å². The van der Waals surface area contributed by atoms with Crippen LogP contribution in [0.15, 0.2) is 34.3 Å². The number of sulfonamides is 1. The third kappa shape index (κ3) is 3.37. The number of hydrogen-bond donors (Lipinski definition) is 1. The SMILES string of the molecule is COC(=O)NS(=O)(=O)c1ccc(N=[N+]=[N-])cc1. The molecule has 0 atom stereocenters. The van der Waals surface area contributed by atoms with Crippen molar-refractivity contribution < 1.29 is 17.9 Å². The van der Waals surface area contributed by atoms with Crippen LogP contribution in [0.2, 0.25) is 0 Å². The molecule has 17 heavy (non-hydrogen) atoms. The quantitative estimate of drug-likeness (QED) is 0.502. The zero-order chi connectivity index (χ0) is 12.9. The van der Waals surface area contributed by atoms with Gasteiger partial charge < -0.3 is 4.74 Å². The average molecular weight is 256 g/mol. The minimum absolute atomic E-state index is 0.139. The maximum Gasteiger partial charge on any atom is 0.420 e. The van der Waals surface area contributed by atoms with Crippen LogP contribution in [0.4, 0.5) is 10.5 Å². The second kappa shape index (κ2) is 5.19. The van der Waals surface area contributed by atoms with Crippen molar-refractivity contribution in [3.05, 3.63) is 34.7 Å². The van der Waals surface area contributed by atoms with E-state index in [1.54, 1.807) is 4.72 Å². The Morgan fingerprint density at radius 2 is 2.00 bits per heavy atom. The predicted octanol–water partition coefficient (Wildman–Crippen LogP) is 1.67. The van der Waals surface area contributed by atoms with Crippen LogP contribution < -0.4 is 4.72 Å². The summed E-state index contributed by atoms with van der Waals surface area (Å²) in [6.07, 6.45) is -1.08. The van der Waals surface area contributed by atoms with Crippen LogP contribution in [0.25, 0.3) is 10.4 Å². The predicted molar refractivity (Wildman–Crippen MR) is 58.0 cm³/mol. The largest absolute Gasteiger partial charge is 0.452 e. The third-order valence-corrected chi connectivity index (χ3v) is 3.04. The summed E-state index contributed by atoms with van der Waals surface area (Å²) in [4.78, 5) is 13.2.